The maximum absolute atomic E-state index is 14.4. The van der Waals surface area contributed by atoms with Crippen molar-refractivity contribution in [2.45, 2.75) is 78.1 Å². The number of rotatable bonds is 14. The first kappa shape index (κ1) is 23.2. The normalized spacial score (nSPS) is 11.3. The van der Waals surface area contributed by atoms with E-state index in [1.165, 1.54) is 63.0 Å². The lowest BCUT2D eigenvalue weighted by Gasteiger charge is -2.07. The first-order chi connectivity index (χ1) is 14.2. The molecular weight excluding hydrogens is 359 g/mol. The minimum Gasteiger partial charge on any atom is -0.493 e. The van der Waals surface area contributed by atoms with Gasteiger partial charge in [0.2, 0.25) is 0 Å². The zero-order chi connectivity index (χ0) is 20.7. The van der Waals surface area contributed by atoms with E-state index in [0.29, 0.717) is 17.9 Å². The van der Waals surface area contributed by atoms with Crippen LogP contribution in [0.25, 0.3) is 12.2 Å². The Kier molecular flexibility index (Phi) is 11.2. The van der Waals surface area contributed by atoms with Gasteiger partial charge in [-0.05, 0) is 42.5 Å². The van der Waals surface area contributed by atoms with Gasteiger partial charge in [-0.2, -0.15) is 0 Å². The van der Waals surface area contributed by atoms with E-state index in [9.17, 15) is 4.39 Å². The quantitative estimate of drug-likeness (QED) is 0.230. The van der Waals surface area contributed by atoms with Gasteiger partial charge in [0.05, 0.1) is 6.61 Å². The molecule has 0 amide bonds. The summed E-state index contributed by atoms with van der Waals surface area (Å²) in [6.07, 6.45) is 16.0. The van der Waals surface area contributed by atoms with Crippen LogP contribution in [0.5, 0.6) is 5.75 Å². The molecule has 0 radical (unpaired) electrons. The smallest absolute Gasteiger partial charge is 0.134 e. The van der Waals surface area contributed by atoms with Gasteiger partial charge in [0.15, 0.2) is 0 Å². The summed E-state index contributed by atoms with van der Waals surface area (Å²) in [6.45, 7) is 5.11. The molecule has 2 aromatic rings. The van der Waals surface area contributed by atoms with Crippen molar-refractivity contribution < 1.29 is 9.13 Å². The van der Waals surface area contributed by atoms with E-state index >= 15 is 0 Å². The fraction of sp³-hybridized carbons (Fsp3) is 0.481. The van der Waals surface area contributed by atoms with Crippen molar-refractivity contribution in [2.75, 3.05) is 6.61 Å². The van der Waals surface area contributed by atoms with Gasteiger partial charge in [-0.25, -0.2) is 4.39 Å². The first-order valence-electron chi connectivity index (χ1n) is 11.4. The predicted molar refractivity (Wildman–Crippen MR) is 124 cm³/mol. The lowest BCUT2D eigenvalue weighted by molar-refractivity contribution is 0.303. The maximum Gasteiger partial charge on any atom is 0.134 e. The largest absolute Gasteiger partial charge is 0.493 e. The Hall–Kier alpha value is -2.09. The first-order valence-corrected chi connectivity index (χ1v) is 11.4. The third-order valence-corrected chi connectivity index (χ3v) is 5.24. The zero-order valence-corrected chi connectivity index (χ0v) is 18.3. The zero-order valence-electron chi connectivity index (χ0n) is 18.3. The summed E-state index contributed by atoms with van der Waals surface area (Å²) in [4.78, 5) is 0. The molecule has 0 fully saturated rings. The summed E-state index contributed by atoms with van der Waals surface area (Å²) in [5, 5.41) is 0. The Bertz CT molecular complexity index is 718. The molecule has 158 valence electrons. The molecule has 0 atom stereocenters. The lowest BCUT2D eigenvalue weighted by atomic mass is 10.0. The highest BCUT2D eigenvalue weighted by Crippen LogP contribution is 2.20. The second-order valence-electron chi connectivity index (χ2n) is 7.83. The SMILES string of the molecule is CCCCCCCCOc1ccc(/C=C/c2ccc(CCCCC)cc2)c(F)c1. The number of hydrogen-bond donors (Lipinski definition) is 0. The summed E-state index contributed by atoms with van der Waals surface area (Å²) in [5.74, 6) is 0.377. The van der Waals surface area contributed by atoms with E-state index in [4.69, 9.17) is 4.74 Å². The predicted octanol–water partition coefficient (Wildman–Crippen LogP) is 8.47. The van der Waals surface area contributed by atoms with E-state index in [0.717, 1.165) is 18.4 Å². The van der Waals surface area contributed by atoms with Crippen LogP contribution in [0.15, 0.2) is 42.5 Å². The minimum absolute atomic E-state index is 0.238. The third-order valence-electron chi connectivity index (χ3n) is 5.24. The molecule has 0 aromatic heterocycles. The third kappa shape index (κ3) is 9.30. The molecule has 0 unspecified atom stereocenters. The van der Waals surface area contributed by atoms with Gasteiger partial charge in [0.1, 0.15) is 11.6 Å². The van der Waals surface area contributed by atoms with Crippen LogP contribution in [-0.2, 0) is 6.42 Å². The van der Waals surface area contributed by atoms with Crippen LogP contribution in [0.4, 0.5) is 4.39 Å². The fourth-order valence-electron chi connectivity index (χ4n) is 3.37. The highest BCUT2D eigenvalue weighted by molar-refractivity contribution is 5.70. The summed E-state index contributed by atoms with van der Waals surface area (Å²) in [6, 6.07) is 13.7. The van der Waals surface area contributed by atoms with E-state index in [1.54, 1.807) is 6.07 Å². The molecule has 0 saturated carbocycles. The van der Waals surface area contributed by atoms with Crippen LogP contribution in [0.3, 0.4) is 0 Å². The van der Waals surface area contributed by atoms with Gasteiger partial charge in [-0.1, -0.05) is 95.2 Å². The number of hydrogen-bond acceptors (Lipinski definition) is 1. The van der Waals surface area contributed by atoms with Gasteiger partial charge in [0.25, 0.3) is 0 Å². The van der Waals surface area contributed by atoms with E-state index in [1.807, 2.05) is 18.2 Å². The second kappa shape index (κ2) is 14.0. The molecule has 0 heterocycles. The number of benzene rings is 2. The van der Waals surface area contributed by atoms with Gasteiger partial charge in [-0.15, -0.1) is 0 Å². The topological polar surface area (TPSA) is 9.23 Å². The molecule has 0 aliphatic carbocycles. The Morgan fingerprint density at radius 3 is 2.17 bits per heavy atom. The van der Waals surface area contributed by atoms with Gasteiger partial charge in [-0.3, -0.25) is 0 Å². The highest BCUT2D eigenvalue weighted by atomic mass is 19.1. The summed E-state index contributed by atoms with van der Waals surface area (Å²) in [5.41, 5.74) is 3.05. The molecule has 2 heteroatoms. The molecule has 0 saturated heterocycles. The van der Waals surface area contributed by atoms with E-state index in [2.05, 4.69) is 38.1 Å². The van der Waals surface area contributed by atoms with Crippen molar-refractivity contribution >= 4 is 12.2 Å². The monoisotopic (exact) mass is 396 g/mol. The van der Waals surface area contributed by atoms with Gasteiger partial charge >= 0.3 is 0 Å². The molecule has 0 spiro atoms. The fourth-order valence-corrected chi connectivity index (χ4v) is 3.37. The summed E-state index contributed by atoms with van der Waals surface area (Å²) < 4.78 is 20.1. The highest BCUT2D eigenvalue weighted by Gasteiger charge is 2.02. The maximum atomic E-state index is 14.4. The Balaban J connectivity index is 1.79. The number of ether oxygens (including phenoxy) is 1. The minimum atomic E-state index is -0.238. The molecule has 0 aliphatic rings. The summed E-state index contributed by atoms with van der Waals surface area (Å²) in [7, 11) is 0. The van der Waals surface area contributed by atoms with Crippen molar-refractivity contribution in [1.82, 2.24) is 0 Å². The average Bonchev–Trinajstić information content (AvgIpc) is 2.73. The lowest BCUT2D eigenvalue weighted by Crippen LogP contribution is -1.98. The molecule has 0 N–H and O–H groups in total. The molecule has 2 rings (SSSR count). The molecule has 1 nitrogen and oxygen atoms in total. The van der Waals surface area contributed by atoms with Crippen molar-refractivity contribution in [1.29, 1.82) is 0 Å². The number of halogens is 1. The van der Waals surface area contributed by atoms with Crippen molar-refractivity contribution in [3.63, 3.8) is 0 Å². The van der Waals surface area contributed by atoms with E-state index < -0.39 is 0 Å². The van der Waals surface area contributed by atoms with Crippen LogP contribution in [0.2, 0.25) is 0 Å². The molecule has 0 aliphatic heterocycles. The number of aryl methyl sites for hydroxylation is 1. The van der Waals surface area contributed by atoms with Crippen LogP contribution in [-0.4, -0.2) is 6.61 Å². The summed E-state index contributed by atoms with van der Waals surface area (Å²) >= 11 is 0. The van der Waals surface area contributed by atoms with Crippen molar-refractivity contribution in [2.24, 2.45) is 0 Å². The molecular formula is C27H37FO. The van der Waals surface area contributed by atoms with Gasteiger partial charge < -0.3 is 4.74 Å². The van der Waals surface area contributed by atoms with Crippen LogP contribution in [0.1, 0.15) is 88.3 Å². The Morgan fingerprint density at radius 2 is 1.45 bits per heavy atom. The molecule has 29 heavy (non-hydrogen) atoms. The average molecular weight is 397 g/mol. The van der Waals surface area contributed by atoms with E-state index in [-0.39, 0.29) is 5.82 Å². The Labute approximate surface area is 177 Å². The van der Waals surface area contributed by atoms with Crippen LogP contribution >= 0.6 is 0 Å². The molecule has 0 bridgehead atoms. The standard InChI is InChI=1S/C27H37FO/c1-3-5-7-8-9-11-21-29-26-20-19-25(27(28)22-26)18-17-24-15-13-23(14-16-24)12-10-6-4-2/h13-20,22H,3-12,21H2,1-2H3/b18-17+. The van der Waals surface area contributed by atoms with Crippen LogP contribution in [0, 0.1) is 5.82 Å². The second-order valence-corrected chi connectivity index (χ2v) is 7.83. The molecule has 2 aromatic carbocycles. The van der Waals surface area contributed by atoms with Crippen molar-refractivity contribution in [3.05, 3.63) is 65.0 Å². The van der Waals surface area contributed by atoms with Crippen molar-refractivity contribution in [3.8, 4) is 5.75 Å². The number of unbranched alkanes of at least 4 members (excludes halogenated alkanes) is 7. The Morgan fingerprint density at radius 1 is 0.759 bits per heavy atom. The van der Waals surface area contributed by atoms with Crippen LogP contribution < -0.4 is 4.74 Å². The van der Waals surface area contributed by atoms with Gasteiger partial charge in [0, 0.05) is 11.6 Å².